The number of hydrogen-bond donors (Lipinski definition) is 1. The number of para-hydroxylation sites is 1. The van der Waals surface area contributed by atoms with Crippen LogP contribution < -0.4 is 4.90 Å². The lowest BCUT2D eigenvalue weighted by Gasteiger charge is -2.29. The van der Waals surface area contributed by atoms with Crippen LogP contribution in [-0.2, 0) is 0 Å². The molecule has 3 rings (SSSR count). The van der Waals surface area contributed by atoms with Gasteiger partial charge in [-0.05, 0) is 24.3 Å². The van der Waals surface area contributed by atoms with Crippen molar-refractivity contribution in [1.82, 2.24) is 0 Å². The van der Waals surface area contributed by atoms with Crippen molar-refractivity contribution in [2.75, 3.05) is 17.2 Å². The number of benzene rings is 2. The topological polar surface area (TPSA) is 40.5 Å². The van der Waals surface area contributed by atoms with E-state index in [1.807, 2.05) is 24.3 Å². The second kappa shape index (κ2) is 5.79. The number of carbonyl (C=O) groups is 1. The van der Waals surface area contributed by atoms with Crippen LogP contribution in [0.5, 0.6) is 5.75 Å². The van der Waals surface area contributed by atoms with E-state index in [0.717, 1.165) is 16.3 Å². The van der Waals surface area contributed by atoms with Crippen molar-refractivity contribution in [3.8, 4) is 5.75 Å². The van der Waals surface area contributed by atoms with Gasteiger partial charge in [0.2, 0.25) is 0 Å². The van der Waals surface area contributed by atoms with Crippen LogP contribution in [0.3, 0.4) is 0 Å². The van der Waals surface area contributed by atoms with Crippen molar-refractivity contribution in [3.05, 3.63) is 52.0 Å². The van der Waals surface area contributed by atoms with E-state index in [0.29, 0.717) is 12.1 Å². The maximum atomic E-state index is 12.7. The van der Waals surface area contributed by atoms with Crippen molar-refractivity contribution < 1.29 is 9.90 Å². The van der Waals surface area contributed by atoms with Crippen molar-refractivity contribution in [1.29, 1.82) is 0 Å². The second-order valence-electron chi connectivity index (χ2n) is 4.56. The first-order valence-corrected chi connectivity index (χ1v) is 8.04. The monoisotopic (exact) mass is 339 g/mol. The van der Waals surface area contributed by atoms with Gasteiger partial charge in [0, 0.05) is 22.8 Å². The molecule has 1 N–H and O–H groups in total. The Morgan fingerprint density at radius 2 is 1.86 bits per heavy atom. The summed E-state index contributed by atoms with van der Waals surface area (Å²) in [5.74, 6) is 0.457. The minimum absolute atomic E-state index is 0.0746. The number of rotatable bonds is 1. The van der Waals surface area contributed by atoms with Crippen LogP contribution in [0.15, 0.2) is 41.3 Å². The van der Waals surface area contributed by atoms with Crippen LogP contribution in [0.1, 0.15) is 10.4 Å². The third-order valence-corrected chi connectivity index (χ3v) is 4.86. The van der Waals surface area contributed by atoms with Gasteiger partial charge in [0.1, 0.15) is 0 Å². The summed E-state index contributed by atoms with van der Waals surface area (Å²) in [6.07, 6.45) is 0. The maximum Gasteiger partial charge on any atom is 0.258 e. The van der Waals surface area contributed by atoms with E-state index in [-0.39, 0.29) is 21.7 Å². The number of thioether (sulfide) groups is 1. The summed E-state index contributed by atoms with van der Waals surface area (Å²) in [7, 11) is 0. The van der Waals surface area contributed by atoms with Crippen LogP contribution in [-0.4, -0.2) is 23.3 Å². The highest BCUT2D eigenvalue weighted by Crippen LogP contribution is 2.37. The van der Waals surface area contributed by atoms with Crippen molar-refractivity contribution in [2.45, 2.75) is 4.90 Å². The zero-order valence-corrected chi connectivity index (χ0v) is 13.2. The molecule has 0 aromatic heterocycles. The highest BCUT2D eigenvalue weighted by molar-refractivity contribution is 7.99. The normalized spacial score (nSPS) is 13.9. The molecule has 108 valence electrons. The van der Waals surface area contributed by atoms with Crippen LogP contribution in [0.4, 0.5) is 5.69 Å². The van der Waals surface area contributed by atoms with Crippen LogP contribution >= 0.6 is 35.0 Å². The Bertz CT molecular complexity index is 698. The fourth-order valence-electron chi connectivity index (χ4n) is 2.23. The first-order chi connectivity index (χ1) is 10.1. The van der Waals surface area contributed by atoms with Crippen LogP contribution in [0.25, 0.3) is 0 Å². The summed E-state index contributed by atoms with van der Waals surface area (Å²) in [6.45, 7) is 0.622. The van der Waals surface area contributed by atoms with E-state index < -0.39 is 0 Å². The second-order valence-corrected chi connectivity index (χ2v) is 6.51. The van der Waals surface area contributed by atoms with Crippen molar-refractivity contribution >= 4 is 46.6 Å². The summed E-state index contributed by atoms with van der Waals surface area (Å²) in [5.41, 5.74) is 1.25. The zero-order chi connectivity index (χ0) is 15.0. The molecule has 0 unspecified atom stereocenters. The number of nitrogens with zero attached hydrogens (tertiary/aromatic N) is 1. The number of aromatic hydroxyl groups is 1. The maximum absolute atomic E-state index is 12.7. The minimum Gasteiger partial charge on any atom is -0.505 e. The van der Waals surface area contributed by atoms with E-state index in [9.17, 15) is 9.90 Å². The fraction of sp³-hybridized carbons (Fsp3) is 0.133. The summed E-state index contributed by atoms with van der Waals surface area (Å²) in [6, 6.07) is 10.7. The fourth-order valence-corrected chi connectivity index (χ4v) is 3.71. The van der Waals surface area contributed by atoms with Gasteiger partial charge in [-0.15, -0.1) is 11.8 Å². The number of fused-ring (bicyclic) bond motifs is 1. The predicted octanol–water partition coefficient (Wildman–Crippen LogP) is 4.45. The van der Waals surface area contributed by atoms with E-state index in [2.05, 4.69) is 0 Å². The number of amides is 1. The first-order valence-electron chi connectivity index (χ1n) is 6.29. The van der Waals surface area contributed by atoms with Gasteiger partial charge in [0.15, 0.2) is 5.75 Å². The molecule has 21 heavy (non-hydrogen) atoms. The number of anilines is 1. The number of phenolic OH excluding ortho intramolecular Hbond substituents is 1. The Labute approximate surface area is 136 Å². The molecule has 0 saturated heterocycles. The van der Waals surface area contributed by atoms with Gasteiger partial charge in [0.05, 0.1) is 15.7 Å². The van der Waals surface area contributed by atoms with Crippen molar-refractivity contribution in [3.63, 3.8) is 0 Å². The molecule has 0 fully saturated rings. The molecule has 6 heteroatoms. The van der Waals surface area contributed by atoms with E-state index in [4.69, 9.17) is 23.2 Å². The van der Waals surface area contributed by atoms with Crippen LogP contribution in [0.2, 0.25) is 10.0 Å². The molecule has 0 atom stereocenters. The third kappa shape index (κ3) is 2.71. The van der Waals surface area contributed by atoms with Gasteiger partial charge in [-0.3, -0.25) is 4.79 Å². The molecule has 1 heterocycles. The van der Waals surface area contributed by atoms with Gasteiger partial charge in [-0.2, -0.15) is 0 Å². The molecule has 0 radical (unpaired) electrons. The molecule has 2 aromatic rings. The number of carbonyl (C=O) groups excluding carboxylic acids is 1. The standard InChI is InChI=1S/C15H11Cl2NO2S/c16-10-7-9(8-11(17)14(10)19)15(20)18-5-6-21-13-4-2-1-3-12(13)18/h1-4,7-8,19H,5-6H2. The summed E-state index contributed by atoms with van der Waals surface area (Å²) < 4.78 is 0. The molecule has 1 aliphatic heterocycles. The number of hydrogen-bond acceptors (Lipinski definition) is 3. The Kier molecular flexibility index (Phi) is 4.02. The average Bonchev–Trinajstić information content (AvgIpc) is 2.51. The van der Waals surface area contributed by atoms with Crippen molar-refractivity contribution in [2.24, 2.45) is 0 Å². The first kappa shape index (κ1) is 14.6. The van der Waals surface area contributed by atoms with E-state index in [1.54, 1.807) is 16.7 Å². The summed E-state index contributed by atoms with van der Waals surface area (Å²) in [4.78, 5) is 15.5. The van der Waals surface area contributed by atoms with Crippen LogP contribution in [0, 0.1) is 0 Å². The average molecular weight is 340 g/mol. The predicted molar refractivity (Wildman–Crippen MR) is 87.0 cm³/mol. The number of phenols is 1. The zero-order valence-electron chi connectivity index (χ0n) is 10.8. The number of halogens is 2. The molecule has 2 aromatic carbocycles. The Hall–Kier alpha value is -1.36. The molecule has 1 amide bonds. The van der Waals surface area contributed by atoms with E-state index >= 15 is 0 Å². The molecular weight excluding hydrogens is 329 g/mol. The van der Waals surface area contributed by atoms with Gasteiger partial charge < -0.3 is 10.0 Å². The Morgan fingerprint density at radius 3 is 2.57 bits per heavy atom. The lowest BCUT2D eigenvalue weighted by Crippen LogP contribution is -2.35. The molecule has 0 saturated carbocycles. The minimum atomic E-state index is -0.204. The molecular formula is C15H11Cl2NO2S. The Morgan fingerprint density at radius 1 is 1.19 bits per heavy atom. The van der Waals surface area contributed by atoms with Gasteiger partial charge in [-0.1, -0.05) is 35.3 Å². The van der Waals surface area contributed by atoms with Gasteiger partial charge in [0.25, 0.3) is 5.91 Å². The quantitative estimate of drug-likeness (QED) is 0.834. The highest BCUT2D eigenvalue weighted by atomic mass is 35.5. The smallest absolute Gasteiger partial charge is 0.258 e. The Balaban J connectivity index is 2.00. The van der Waals surface area contributed by atoms with Gasteiger partial charge in [-0.25, -0.2) is 0 Å². The third-order valence-electron chi connectivity index (χ3n) is 3.24. The molecule has 0 spiro atoms. The molecule has 0 aliphatic carbocycles. The van der Waals surface area contributed by atoms with E-state index in [1.165, 1.54) is 12.1 Å². The lowest BCUT2D eigenvalue weighted by molar-refractivity contribution is 0.0987. The molecule has 0 bridgehead atoms. The largest absolute Gasteiger partial charge is 0.505 e. The highest BCUT2D eigenvalue weighted by Gasteiger charge is 2.24. The molecule has 3 nitrogen and oxygen atoms in total. The summed E-state index contributed by atoms with van der Waals surface area (Å²) >= 11 is 13.5. The molecule has 1 aliphatic rings. The summed E-state index contributed by atoms with van der Waals surface area (Å²) in [5, 5.41) is 9.74. The lowest BCUT2D eigenvalue weighted by atomic mass is 10.1. The van der Waals surface area contributed by atoms with Gasteiger partial charge >= 0.3 is 0 Å². The SMILES string of the molecule is O=C(c1cc(Cl)c(O)c(Cl)c1)N1CCSc2ccccc21.